The summed E-state index contributed by atoms with van der Waals surface area (Å²) >= 11 is 3.35. The van der Waals surface area contributed by atoms with Gasteiger partial charge in [0.2, 0.25) is 0 Å². The molecule has 72 valence electrons. The van der Waals surface area contributed by atoms with E-state index in [0.717, 1.165) is 27.4 Å². The predicted molar refractivity (Wildman–Crippen MR) is 58.5 cm³/mol. The third-order valence-corrected chi connectivity index (χ3v) is 2.97. The quantitative estimate of drug-likeness (QED) is 0.731. The van der Waals surface area contributed by atoms with Crippen LogP contribution in [0.2, 0.25) is 0 Å². The predicted octanol–water partition coefficient (Wildman–Crippen LogP) is 2.46. The van der Waals surface area contributed by atoms with Crippen LogP contribution >= 0.6 is 15.9 Å². The number of hydrogen-bond donors (Lipinski definition) is 0. The molecule has 0 atom stereocenters. The molecule has 0 bridgehead atoms. The number of halogens is 1. The van der Waals surface area contributed by atoms with Crippen LogP contribution in [0.1, 0.15) is 16.1 Å². The van der Waals surface area contributed by atoms with E-state index in [2.05, 4.69) is 21.0 Å². The first kappa shape index (κ1) is 9.40. The highest BCUT2D eigenvalue weighted by atomic mass is 79.9. The number of aryl methyl sites for hydroxylation is 2. The molecule has 0 fully saturated rings. The van der Waals surface area contributed by atoms with Crippen LogP contribution in [0.5, 0.6) is 0 Å². The summed E-state index contributed by atoms with van der Waals surface area (Å²) in [6.07, 6.45) is 0.843. The van der Waals surface area contributed by atoms with Gasteiger partial charge < -0.3 is 0 Å². The van der Waals surface area contributed by atoms with Gasteiger partial charge in [0.1, 0.15) is 0 Å². The van der Waals surface area contributed by atoms with Crippen LogP contribution in [-0.2, 0) is 7.05 Å². The van der Waals surface area contributed by atoms with E-state index in [1.54, 1.807) is 0 Å². The molecule has 1 heterocycles. The molecule has 0 spiro atoms. The number of carbonyl (C=O) groups excluding carboxylic acids is 1. The largest absolute Gasteiger partial charge is 0.298 e. The van der Waals surface area contributed by atoms with Crippen molar-refractivity contribution < 1.29 is 4.79 Å². The normalized spacial score (nSPS) is 10.8. The lowest BCUT2D eigenvalue weighted by Crippen LogP contribution is -1.90. The molecule has 2 rings (SSSR count). The zero-order chi connectivity index (χ0) is 10.3. The van der Waals surface area contributed by atoms with E-state index in [9.17, 15) is 4.79 Å². The third-order valence-electron chi connectivity index (χ3n) is 2.28. The number of rotatable bonds is 1. The fourth-order valence-corrected chi connectivity index (χ4v) is 1.98. The maximum Gasteiger partial charge on any atom is 0.151 e. The van der Waals surface area contributed by atoms with Gasteiger partial charge in [-0.15, -0.1) is 0 Å². The van der Waals surface area contributed by atoms with Crippen LogP contribution in [0.3, 0.4) is 0 Å². The zero-order valence-electron chi connectivity index (χ0n) is 7.91. The smallest absolute Gasteiger partial charge is 0.151 e. The number of aldehydes is 1. The van der Waals surface area contributed by atoms with Crippen molar-refractivity contribution >= 4 is 33.1 Å². The van der Waals surface area contributed by atoms with Crippen LogP contribution in [0, 0.1) is 6.92 Å². The van der Waals surface area contributed by atoms with Crippen molar-refractivity contribution in [1.29, 1.82) is 0 Å². The Hall–Kier alpha value is -1.16. The van der Waals surface area contributed by atoms with Crippen LogP contribution in [0.25, 0.3) is 10.9 Å². The Morgan fingerprint density at radius 1 is 1.50 bits per heavy atom. The van der Waals surface area contributed by atoms with Crippen LogP contribution in [0.4, 0.5) is 0 Å². The van der Waals surface area contributed by atoms with Crippen molar-refractivity contribution in [2.24, 2.45) is 7.05 Å². The van der Waals surface area contributed by atoms with Gasteiger partial charge >= 0.3 is 0 Å². The average Bonchev–Trinajstić information content (AvgIpc) is 2.41. The summed E-state index contributed by atoms with van der Waals surface area (Å²) < 4.78 is 2.62. The number of carbonyl (C=O) groups is 1. The number of hydrogen-bond acceptors (Lipinski definition) is 2. The van der Waals surface area contributed by atoms with Crippen molar-refractivity contribution in [3.05, 3.63) is 27.9 Å². The highest BCUT2D eigenvalue weighted by Crippen LogP contribution is 2.24. The van der Waals surface area contributed by atoms with E-state index in [-0.39, 0.29) is 0 Å². The first-order valence-corrected chi connectivity index (χ1v) is 5.01. The minimum Gasteiger partial charge on any atom is -0.298 e. The standard InChI is InChI=1S/C10H9BrN2O/c1-6-8-3-7(5-14)9(11)4-10(8)13(2)12-6/h3-5H,1-2H3. The molecule has 4 heteroatoms. The molecule has 1 aromatic heterocycles. The van der Waals surface area contributed by atoms with E-state index in [1.807, 2.05) is 30.8 Å². The molecular weight excluding hydrogens is 244 g/mol. The molecule has 1 aromatic carbocycles. The first-order valence-electron chi connectivity index (χ1n) is 4.21. The molecule has 0 aliphatic heterocycles. The van der Waals surface area contributed by atoms with Crippen LogP contribution in [0.15, 0.2) is 16.6 Å². The monoisotopic (exact) mass is 252 g/mol. The zero-order valence-corrected chi connectivity index (χ0v) is 9.50. The highest BCUT2D eigenvalue weighted by molar-refractivity contribution is 9.10. The second-order valence-corrected chi connectivity index (χ2v) is 4.07. The number of fused-ring (bicyclic) bond motifs is 1. The molecule has 0 aliphatic carbocycles. The average molecular weight is 253 g/mol. The van der Waals surface area contributed by atoms with Gasteiger partial charge in [0.15, 0.2) is 6.29 Å². The number of aromatic nitrogens is 2. The maximum atomic E-state index is 10.7. The Morgan fingerprint density at radius 2 is 2.21 bits per heavy atom. The molecular formula is C10H9BrN2O. The summed E-state index contributed by atoms with van der Waals surface area (Å²) in [6.45, 7) is 1.94. The van der Waals surface area contributed by atoms with Gasteiger partial charge in [-0.2, -0.15) is 5.10 Å². The van der Waals surface area contributed by atoms with E-state index in [4.69, 9.17) is 0 Å². The third kappa shape index (κ3) is 1.26. The summed E-state index contributed by atoms with van der Waals surface area (Å²) in [5.41, 5.74) is 2.63. The van der Waals surface area contributed by atoms with Gasteiger partial charge in [-0.3, -0.25) is 9.48 Å². The van der Waals surface area contributed by atoms with Crippen molar-refractivity contribution in [3.8, 4) is 0 Å². The molecule has 0 saturated heterocycles. The second kappa shape index (κ2) is 3.20. The maximum absolute atomic E-state index is 10.7. The molecule has 3 nitrogen and oxygen atoms in total. The summed E-state index contributed by atoms with van der Waals surface area (Å²) in [5.74, 6) is 0. The van der Waals surface area contributed by atoms with E-state index in [1.165, 1.54) is 0 Å². The van der Waals surface area contributed by atoms with Gasteiger partial charge in [-0.05, 0) is 35.0 Å². The molecule has 0 unspecified atom stereocenters. The van der Waals surface area contributed by atoms with Crippen LogP contribution in [-0.4, -0.2) is 16.1 Å². The summed E-state index contributed by atoms with van der Waals surface area (Å²) in [5, 5.41) is 5.31. The Labute approximate surface area is 89.8 Å². The lowest BCUT2D eigenvalue weighted by Gasteiger charge is -1.98. The van der Waals surface area contributed by atoms with Gasteiger partial charge in [0, 0.05) is 22.5 Å². The number of nitrogens with zero attached hydrogens (tertiary/aromatic N) is 2. The van der Waals surface area contributed by atoms with Gasteiger partial charge in [0.05, 0.1) is 11.2 Å². The minimum absolute atomic E-state index is 0.661. The van der Waals surface area contributed by atoms with Gasteiger partial charge in [-0.25, -0.2) is 0 Å². The van der Waals surface area contributed by atoms with Crippen molar-refractivity contribution in [1.82, 2.24) is 9.78 Å². The van der Waals surface area contributed by atoms with Gasteiger partial charge in [-0.1, -0.05) is 0 Å². The Morgan fingerprint density at radius 3 is 2.86 bits per heavy atom. The molecule has 14 heavy (non-hydrogen) atoms. The minimum atomic E-state index is 0.661. The summed E-state index contributed by atoms with van der Waals surface area (Å²) in [7, 11) is 1.89. The molecule has 0 saturated carbocycles. The van der Waals surface area contributed by atoms with Crippen molar-refractivity contribution in [2.75, 3.05) is 0 Å². The Kier molecular flexibility index (Phi) is 2.15. The Balaban J connectivity index is 2.88. The molecule has 0 radical (unpaired) electrons. The molecule has 2 aromatic rings. The van der Waals surface area contributed by atoms with E-state index < -0.39 is 0 Å². The lowest BCUT2D eigenvalue weighted by molar-refractivity contribution is 0.112. The van der Waals surface area contributed by atoms with E-state index >= 15 is 0 Å². The topological polar surface area (TPSA) is 34.9 Å². The first-order chi connectivity index (χ1) is 6.63. The number of benzene rings is 1. The summed E-state index contributed by atoms with van der Waals surface area (Å²) in [6, 6.07) is 3.77. The lowest BCUT2D eigenvalue weighted by atomic mass is 10.1. The SMILES string of the molecule is Cc1nn(C)c2cc(Br)c(C=O)cc12. The molecule has 0 aliphatic rings. The fourth-order valence-electron chi connectivity index (χ4n) is 1.56. The molecule has 0 amide bonds. The second-order valence-electron chi connectivity index (χ2n) is 3.22. The molecule has 0 N–H and O–H groups in total. The highest BCUT2D eigenvalue weighted by Gasteiger charge is 2.08. The van der Waals surface area contributed by atoms with E-state index in [0.29, 0.717) is 5.56 Å². The fraction of sp³-hybridized carbons (Fsp3) is 0.200. The van der Waals surface area contributed by atoms with Crippen LogP contribution < -0.4 is 0 Å². The summed E-state index contributed by atoms with van der Waals surface area (Å²) in [4.78, 5) is 10.7. The Bertz CT molecular complexity index is 516. The van der Waals surface area contributed by atoms with Crippen molar-refractivity contribution in [3.63, 3.8) is 0 Å². The van der Waals surface area contributed by atoms with Gasteiger partial charge in [0.25, 0.3) is 0 Å². The van der Waals surface area contributed by atoms with Crippen molar-refractivity contribution in [2.45, 2.75) is 6.92 Å².